The van der Waals surface area contributed by atoms with Gasteiger partial charge in [0, 0.05) is 32.3 Å². The van der Waals surface area contributed by atoms with Gasteiger partial charge in [0.1, 0.15) is 0 Å². The van der Waals surface area contributed by atoms with Crippen LogP contribution in [0.25, 0.3) is 0 Å². The summed E-state index contributed by atoms with van der Waals surface area (Å²) in [5.41, 5.74) is 7.48. The minimum Gasteiger partial charge on any atom is -0.493 e. The minimum absolute atomic E-state index is 0.0942. The molecule has 20 heavy (non-hydrogen) atoms. The van der Waals surface area contributed by atoms with Crippen molar-refractivity contribution in [2.75, 3.05) is 51.5 Å². The topological polar surface area (TPSA) is 68.0 Å². The Hall–Kier alpha value is -2.11. The van der Waals surface area contributed by atoms with Gasteiger partial charge in [0.2, 0.25) is 5.91 Å². The Labute approximate surface area is 119 Å². The van der Waals surface area contributed by atoms with Crippen LogP contribution in [0.5, 0.6) is 11.5 Å². The minimum atomic E-state index is 0.0942. The number of ether oxygens (including phenoxy) is 2. The zero-order valence-corrected chi connectivity index (χ0v) is 12.2. The van der Waals surface area contributed by atoms with Gasteiger partial charge in [0.25, 0.3) is 0 Å². The molecule has 1 aromatic rings. The molecular formula is C14H21N3O3. The number of benzene rings is 1. The number of carbonyl (C=O) groups excluding carboxylic acids is 1. The number of likely N-dealkylation sites (N-methyl/N-ethyl adjacent to an activating group) is 1. The van der Waals surface area contributed by atoms with Crippen LogP contribution in [-0.4, -0.2) is 51.7 Å². The molecule has 0 aromatic heterocycles. The maximum absolute atomic E-state index is 12.0. The zero-order valence-electron chi connectivity index (χ0n) is 12.2. The number of amides is 1. The molecule has 0 spiro atoms. The molecule has 0 atom stereocenters. The molecule has 6 heteroatoms. The van der Waals surface area contributed by atoms with Crippen molar-refractivity contribution in [3.05, 3.63) is 12.1 Å². The Morgan fingerprint density at radius 2 is 1.80 bits per heavy atom. The van der Waals surface area contributed by atoms with Gasteiger partial charge in [-0.05, 0) is 6.42 Å². The molecule has 0 radical (unpaired) electrons. The second-order valence-corrected chi connectivity index (χ2v) is 4.86. The summed E-state index contributed by atoms with van der Waals surface area (Å²) in [6.45, 7) is 1.88. The molecule has 2 rings (SSSR count). The van der Waals surface area contributed by atoms with Crippen molar-refractivity contribution in [1.82, 2.24) is 4.90 Å². The third-order valence-electron chi connectivity index (χ3n) is 3.55. The number of nitrogens with zero attached hydrogens (tertiary/aromatic N) is 2. The van der Waals surface area contributed by atoms with E-state index in [4.69, 9.17) is 15.2 Å². The second-order valence-electron chi connectivity index (χ2n) is 4.86. The molecule has 110 valence electrons. The van der Waals surface area contributed by atoms with Crippen molar-refractivity contribution < 1.29 is 14.3 Å². The quantitative estimate of drug-likeness (QED) is 0.835. The molecule has 1 aliphatic heterocycles. The molecule has 0 saturated carbocycles. The lowest BCUT2D eigenvalue weighted by atomic mass is 10.2. The standard InChI is InChI=1S/C14H21N3O3/c1-16-5-4-6-17(9-14(16)18)11-8-13(20-3)12(19-2)7-10(11)15/h7-8H,4-6,9,15H2,1-3H3. The summed E-state index contributed by atoms with van der Waals surface area (Å²) >= 11 is 0. The lowest BCUT2D eigenvalue weighted by Gasteiger charge is -2.24. The Morgan fingerprint density at radius 3 is 2.45 bits per heavy atom. The number of carbonyl (C=O) groups is 1. The van der Waals surface area contributed by atoms with E-state index in [1.165, 1.54) is 0 Å². The SMILES string of the molecule is COc1cc(N)c(N2CCCN(C)C(=O)C2)cc1OC. The first-order valence-corrected chi connectivity index (χ1v) is 6.57. The Balaban J connectivity index is 2.34. The average molecular weight is 279 g/mol. The number of nitrogens with two attached hydrogens (primary N) is 1. The van der Waals surface area contributed by atoms with E-state index in [2.05, 4.69) is 0 Å². The summed E-state index contributed by atoms with van der Waals surface area (Å²) < 4.78 is 10.5. The first kappa shape index (κ1) is 14.3. The van der Waals surface area contributed by atoms with Crippen LogP contribution in [0, 0.1) is 0 Å². The number of methoxy groups -OCH3 is 2. The number of nitrogen functional groups attached to an aromatic ring is 1. The van der Waals surface area contributed by atoms with Crippen molar-refractivity contribution in [2.24, 2.45) is 0 Å². The van der Waals surface area contributed by atoms with Gasteiger partial charge in [-0.1, -0.05) is 0 Å². The molecule has 1 heterocycles. The molecule has 0 unspecified atom stereocenters. The average Bonchev–Trinajstić information content (AvgIpc) is 2.60. The number of hydrogen-bond acceptors (Lipinski definition) is 5. The van der Waals surface area contributed by atoms with E-state index < -0.39 is 0 Å². The van der Waals surface area contributed by atoms with E-state index in [0.29, 0.717) is 23.7 Å². The molecule has 1 fully saturated rings. The lowest BCUT2D eigenvalue weighted by molar-refractivity contribution is -0.127. The normalized spacial score (nSPS) is 16.1. The summed E-state index contributed by atoms with van der Waals surface area (Å²) in [7, 11) is 4.98. The Morgan fingerprint density at radius 1 is 1.15 bits per heavy atom. The van der Waals surface area contributed by atoms with Gasteiger partial charge in [-0.3, -0.25) is 4.79 Å². The summed E-state index contributed by atoms with van der Waals surface area (Å²) in [5.74, 6) is 1.30. The van der Waals surface area contributed by atoms with E-state index in [1.54, 1.807) is 25.2 Å². The van der Waals surface area contributed by atoms with Crippen molar-refractivity contribution in [1.29, 1.82) is 0 Å². The van der Waals surface area contributed by atoms with Crippen molar-refractivity contribution in [2.45, 2.75) is 6.42 Å². The van der Waals surface area contributed by atoms with Gasteiger partial charge in [-0.15, -0.1) is 0 Å². The summed E-state index contributed by atoms with van der Waals surface area (Å²) in [6.07, 6.45) is 0.913. The van der Waals surface area contributed by atoms with Crippen LogP contribution in [0.15, 0.2) is 12.1 Å². The predicted octanol–water partition coefficient (Wildman–Crippen LogP) is 0.954. The van der Waals surface area contributed by atoms with Gasteiger partial charge in [0.15, 0.2) is 11.5 Å². The third kappa shape index (κ3) is 2.74. The van der Waals surface area contributed by atoms with Gasteiger partial charge in [-0.2, -0.15) is 0 Å². The molecule has 1 aromatic carbocycles. The van der Waals surface area contributed by atoms with Crippen LogP contribution in [0.2, 0.25) is 0 Å². The number of rotatable bonds is 3. The highest BCUT2D eigenvalue weighted by molar-refractivity contribution is 5.84. The first-order valence-electron chi connectivity index (χ1n) is 6.57. The highest BCUT2D eigenvalue weighted by Gasteiger charge is 2.22. The largest absolute Gasteiger partial charge is 0.493 e. The van der Waals surface area contributed by atoms with E-state index >= 15 is 0 Å². The molecular weight excluding hydrogens is 258 g/mol. The summed E-state index contributed by atoms with van der Waals surface area (Å²) in [6, 6.07) is 3.56. The van der Waals surface area contributed by atoms with Crippen molar-refractivity contribution in [3.63, 3.8) is 0 Å². The molecule has 1 amide bonds. The van der Waals surface area contributed by atoms with E-state index in [-0.39, 0.29) is 5.91 Å². The first-order chi connectivity index (χ1) is 9.56. The molecule has 0 bridgehead atoms. The second kappa shape index (κ2) is 5.90. The number of anilines is 2. The van der Waals surface area contributed by atoms with Gasteiger partial charge in [-0.25, -0.2) is 0 Å². The monoisotopic (exact) mass is 279 g/mol. The van der Waals surface area contributed by atoms with Gasteiger partial charge < -0.3 is 25.0 Å². The molecule has 0 aliphatic carbocycles. The fraction of sp³-hybridized carbons (Fsp3) is 0.500. The smallest absolute Gasteiger partial charge is 0.241 e. The Kier molecular flexibility index (Phi) is 4.22. The molecule has 2 N–H and O–H groups in total. The van der Waals surface area contributed by atoms with Crippen molar-refractivity contribution in [3.8, 4) is 11.5 Å². The highest BCUT2D eigenvalue weighted by Crippen LogP contribution is 2.37. The van der Waals surface area contributed by atoms with Crippen LogP contribution in [0.4, 0.5) is 11.4 Å². The van der Waals surface area contributed by atoms with Crippen LogP contribution < -0.4 is 20.1 Å². The maximum Gasteiger partial charge on any atom is 0.241 e. The van der Waals surface area contributed by atoms with Gasteiger partial charge in [0.05, 0.1) is 32.1 Å². The van der Waals surface area contributed by atoms with Crippen LogP contribution in [0.1, 0.15) is 6.42 Å². The van der Waals surface area contributed by atoms with E-state index in [1.807, 2.05) is 18.0 Å². The Bertz CT molecular complexity index is 505. The van der Waals surface area contributed by atoms with Crippen LogP contribution in [0.3, 0.4) is 0 Å². The zero-order chi connectivity index (χ0) is 14.7. The third-order valence-corrected chi connectivity index (χ3v) is 3.55. The fourth-order valence-corrected chi connectivity index (χ4v) is 2.35. The van der Waals surface area contributed by atoms with E-state index in [9.17, 15) is 4.79 Å². The predicted molar refractivity (Wildman–Crippen MR) is 78.4 cm³/mol. The fourth-order valence-electron chi connectivity index (χ4n) is 2.35. The lowest BCUT2D eigenvalue weighted by Crippen LogP contribution is -2.34. The molecule has 1 aliphatic rings. The van der Waals surface area contributed by atoms with Crippen LogP contribution >= 0.6 is 0 Å². The van der Waals surface area contributed by atoms with E-state index in [0.717, 1.165) is 25.2 Å². The molecule has 1 saturated heterocycles. The summed E-state index contributed by atoms with van der Waals surface area (Å²) in [4.78, 5) is 15.7. The highest BCUT2D eigenvalue weighted by atomic mass is 16.5. The maximum atomic E-state index is 12.0. The molecule has 6 nitrogen and oxygen atoms in total. The summed E-state index contributed by atoms with van der Waals surface area (Å²) in [5, 5.41) is 0. The van der Waals surface area contributed by atoms with Crippen molar-refractivity contribution >= 4 is 17.3 Å². The number of hydrogen-bond donors (Lipinski definition) is 1. The van der Waals surface area contributed by atoms with Crippen LogP contribution in [-0.2, 0) is 4.79 Å². The van der Waals surface area contributed by atoms with Gasteiger partial charge >= 0.3 is 0 Å².